The molecule has 0 radical (unpaired) electrons. The topological polar surface area (TPSA) is 88.5 Å². The molecule has 0 fully saturated rings. The van der Waals surface area contributed by atoms with Crippen molar-refractivity contribution in [1.82, 2.24) is 4.57 Å². The highest BCUT2D eigenvalue weighted by Crippen LogP contribution is 2.30. The van der Waals surface area contributed by atoms with Crippen LogP contribution in [0.4, 0.5) is 11.4 Å². The molecule has 7 nitrogen and oxygen atoms in total. The number of pyridine rings is 1. The first-order valence-corrected chi connectivity index (χ1v) is 10.3. The maximum Gasteiger partial charge on any atom is 0.258 e. The zero-order valence-electron chi connectivity index (χ0n) is 17.9. The van der Waals surface area contributed by atoms with Gasteiger partial charge in [0.05, 0.1) is 0 Å². The van der Waals surface area contributed by atoms with Gasteiger partial charge in [0, 0.05) is 41.3 Å². The van der Waals surface area contributed by atoms with E-state index in [2.05, 4.69) is 5.32 Å². The third-order valence-corrected chi connectivity index (χ3v) is 5.49. The van der Waals surface area contributed by atoms with Crippen molar-refractivity contribution in [1.29, 1.82) is 0 Å². The summed E-state index contributed by atoms with van der Waals surface area (Å²) in [7, 11) is 0. The quantitative estimate of drug-likeness (QED) is 0.631. The number of nitrogens with one attached hydrogen (secondary N) is 1. The van der Waals surface area contributed by atoms with E-state index >= 15 is 0 Å². The summed E-state index contributed by atoms with van der Waals surface area (Å²) in [5.41, 5.74) is 4.14. The van der Waals surface area contributed by atoms with Crippen LogP contribution in [0.2, 0.25) is 0 Å². The molecule has 2 aromatic carbocycles. The third-order valence-electron chi connectivity index (χ3n) is 5.49. The standard InChI is InChI=1S/C25H23N3O4/c1-16-3-10-24(31)27(14-16)15-23(30)26-21-7-4-18(5-8-21)25(32)28-12-11-20-13-19(17(2)29)6-9-22(20)28/h3-10,13-14H,11-12,15H2,1-2H3,(H,26,30). The number of rotatable bonds is 5. The molecule has 32 heavy (non-hydrogen) atoms. The predicted octanol–water partition coefficient (Wildman–Crippen LogP) is 3.20. The highest BCUT2D eigenvalue weighted by Gasteiger charge is 2.26. The van der Waals surface area contributed by atoms with Crippen LogP contribution in [0.1, 0.15) is 38.8 Å². The lowest BCUT2D eigenvalue weighted by atomic mass is 10.1. The van der Waals surface area contributed by atoms with Gasteiger partial charge in [-0.05, 0) is 73.9 Å². The van der Waals surface area contributed by atoms with Crippen molar-refractivity contribution >= 4 is 29.0 Å². The molecule has 1 aromatic heterocycles. The SMILES string of the molecule is CC(=O)c1ccc2c(c1)CCN2C(=O)c1ccc(NC(=O)Cn2cc(C)ccc2=O)cc1. The number of hydrogen-bond donors (Lipinski definition) is 1. The van der Waals surface area contributed by atoms with Crippen molar-refractivity contribution in [2.45, 2.75) is 26.8 Å². The van der Waals surface area contributed by atoms with Crippen LogP contribution in [-0.2, 0) is 17.8 Å². The van der Waals surface area contributed by atoms with Gasteiger partial charge in [-0.25, -0.2) is 0 Å². The van der Waals surface area contributed by atoms with Crippen LogP contribution in [0, 0.1) is 6.92 Å². The molecule has 0 unspecified atom stereocenters. The van der Waals surface area contributed by atoms with Gasteiger partial charge >= 0.3 is 0 Å². The van der Waals surface area contributed by atoms with Crippen LogP contribution in [0.25, 0.3) is 0 Å². The van der Waals surface area contributed by atoms with E-state index in [0.29, 0.717) is 29.8 Å². The summed E-state index contributed by atoms with van der Waals surface area (Å²) < 4.78 is 1.35. The fraction of sp³-hybridized carbons (Fsp3) is 0.200. The Hall–Kier alpha value is -4.00. The molecule has 3 aromatic rings. The van der Waals surface area contributed by atoms with Gasteiger partial charge in [0.25, 0.3) is 11.5 Å². The summed E-state index contributed by atoms with van der Waals surface area (Å²) in [6, 6.07) is 15.2. The Kier molecular flexibility index (Phi) is 5.73. The number of Topliss-reactive ketones (excluding diaryl/α,β-unsaturated/α-hetero) is 1. The first-order chi connectivity index (χ1) is 15.3. The monoisotopic (exact) mass is 429 g/mol. The summed E-state index contributed by atoms with van der Waals surface area (Å²) in [5, 5.41) is 2.75. The van der Waals surface area contributed by atoms with E-state index in [1.807, 2.05) is 19.1 Å². The van der Waals surface area contributed by atoms with E-state index in [1.165, 1.54) is 17.6 Å². The fourth-order valence-corrected chi connectivity index (χ4v) is 3.81. The number of fused-ring (bicyclic) bond motifs is 1. The van der Waals surface area contributed by atoms with Crippen LogP contribution in [0.5, 0.6) is 0 Å². The lowest BCUT2D eigenvalue weighted by molar-refractivity contribution is -0.116. The summed E-state index contributed by atoms with van der Waals surface area (Å²) in [6.45, 7) is 3.84. The number of amides is 2. The number of nitrogens with zero attached hydrogens (tertiary/aromatic N) is 2. The Bertz CT molecular complexity index is 1280. The molecule has 1 aliphatic rings. The van der Waals surface area contributed by atoms with E-state index in [0.717, 1.165) is 16.8 Å². The predicted molar refractivity (Wildman–Crippen MR) is 122 cm³/mol. The second-order valence-corrected chi connectivity index (χ2v) is 7.90. The molecule has 0 atom stereocenters. The summed E-state index contributed by atoms with van der Waals surface area (Å²) in [5.74, 6) is -0.461. The molecule has 1 N–H and O–H groups in total. The molecule has 0 aliphatic carbocycles. The number of benzene rings is 2. The van der Waals surface area contributed by atoms with E-state index < -0.39 is 0 Å². The lowest BCUT2D eigenvalue weighted by Gasteiger charge is -2.18. The van der Waals surface area contributed by atoms with Gasteiger partial charge in [0.15, 0.2) is 5.78 Å². The van der Waals surface area contributed by atoms with Crippen molar-refractivity contribution in [3.63, 3.8) is 0 Å². The highest BCUT2D eigenvalue weighted by molar-refractivity contribution is 6.08. The zero-order valence-corrected chi connectivity index (χ0v) is 17.9. The first kappa shape index (κ1) is 21.2. The van der Waals surface area contributed by atoms with Gasteiger partial charge < -0.3 is 14.8 Å². The molecular weight excluding hydrogens is 406 g/mol. The molecule has 7 heteroatoms. The molecule has 0 saturated carbocycles. The number of carbonyl (C=O) groups is 3. The van der Waals surface area contributed by atoms with Crippen molar-refractivity contribution < 1.29 is 14.4 Å². The average molecular weight is 429 g/mol. The summed E-state index contributed by atoms with van der Waals surface area (Å²) >= 11 is 0. The van der Waals surface area contributed by atoms with Crippen LogP contribution in [0.3, 0.4) is 0 Å². The smallest absolute Gasteiger partial charge is 0.258 e. The van der Waals surface area contributed by atoms with Crippen LogP contribution < -0.4 is 15.8 Å². The van der Waals surface area contributed by atoms with Crippen molar-refractivity contribution in [2.75, 3.05) is 16.8 Å². The second-order valence-electron chi connectivity index (χ2n) is 7.90. The van der Waals surface area contributed by atoms with Gasteiger partial charge in [-0.15, -0.1) is 0 Å². The van der Waals surface area contributed by atoms with Crippen molar-refractivity contribution in [2.24, 2.45) is 0 Å². The number of ketones is 1. The number of hydrogen-bond acceptors (Lipinski definition) is 4. The largest absolute Gasteiger partial charge is 0.325 e. The number of aryl methyl sites for hydroxylation is 1. The number of carbonyl (C=O) groups excluding carboxylic acids is 3. The van der Waals surface area contributed by atoms with E-state index in [1.54, 1.807) is 47.5 Å². The Morgan fingerprint density at radius 2 is 1.69 bits per heavy atom. The molecule has 0 spiro atoms. The maximum absolute atomic E-state index is 13.0. The minimum Gasteiger partial charge on any atom is -0.325 e. The lowest BCUT2D eigenvalue weighted by Crippen LogP contribution is -2.29. The second kappa shape index (κ2) is 8.63. The van der Waals surface area contributed by atoms with Crippen LogP contribution >= 0.6 is 0 Å². The maximum atomic E-state index is 13.0. The van der Waals surface area contributed by atoms with Crippen LogP contribution in [-0.4, -0.2) is 28.7 Å². The van der Waals surface area contributed by atoms with Crippen molar-refractivity contribution in [3.05, 3.63) is 93.4 Å². The molecule has 2 heterocycles. The third kappa shape index (κ3) is 4.37. The molecule has 1 aliphatic heterocycles. The van der Waals surface area contributed by atoms with Crippen molar-refractivity contribution in [3.8, 4) is 0 Å². The Balaban J connectivity index is 1.43. The molecule has 4 rings (SSSR count). The van der Waals surface area contributed by atoms with E-state index in [-0.39, 0.29) is 29.7 Å². The highest BCUT2D eigenvalue weighted by atomic mass is 16.2. The fourth-order valence-electron chi connectivity index (χ4n) is 3.81. The molecule has 2 amide bonds. The van der Waals surface area contributed by atoms with Crippen LogP contribution in [0.15, 0.2) is 65.6 Å². The van der Waals surface area contributed by atoms with Gasteiger partial charge in [0.2, 0.25) is 5.91 Å². The molecule has 162 valence electrons. The molecular formula is C25H23N3O4. The van der Waals surface area contributed by atoms with E-state index in [9.17, 15) is 19.2 Å². The van der Waals surface area contributed by atoms with Gasteiger partial charge in [-0.3, -0.25) is 19.2 Å². The Morgan fingerprint density at radius 3 is 2.41 bits per heavy atom. The molecule has 0 bridgehead atoms. The minimum atomic E-state index is -0.327. The Morgan fingerprint density at radius 1 is 0.969 bits per heavy atom. The number of anilines is 2. The number of aromatic nitrogens is 1. The zero-order chi connectivity index (χ0) is 22.8. The summed E-state index contributed by atoms with van der Waals surface area (Å²) in [6.07, 6.45) is 2.34. The Labute approximate surface area is 185 Å². The van der Waals surface area contributed by atoms with Gasteiger partial charge in [-0.1, -0.05) is 6.07 Å². The first-order valence-electron chi connectivity index (χ1n) is 10.3. The summed E-state index contributed by atoms with van der Waals surface area (Å²) in [4.78, 5) is 50.5. The van der Waals surface area contributed by atoms with Gasteiger partial charge in [0.1, 0.15) is 6.54 Å². The molecule has 0 saturated heterocycles. The average Bonchev–Trinajstić information content (AvgIpc) is 3.19. The minimum absolute atomic E-state index is 0.00230. The van der Waals surface area contributed by atoms with E-state index in [4.69, 9.17) is 0 Å². The van der Waals surface area contributed by atoms with Gasteiger partial charge in [-0.2, -0.15) is 0 Å². The normalized spacial score (nSPS) is 12.4.